The minimum Gasteiger partial charge on any atom is -0.390 e. The second-order valence-corrected chi connectivity index (χ2v) is 10.3. The largest absolute Gasteiger partial charge is 0.390 e. The zero-order chi connectivity index (χ0) is 23.3. The number of non-ortho nitro benzene ring substituents is 2. The van der Waals surface area contributed by atoms with Gasteiger partial charge in [0.25, 0.3) is 11.4 Å². The fourth-order valence-corrected chi connectivity index (χ4v) is 5.06. The van der Waals surface area contributed by atoms with Crippen molar-refractivity contribution in [1.82, 2.24) is 0 Å². The van der Waals surface area contributed by atoms with E-state index in [0.717, 1.165) is 0 Å². The van der Waals surface area contributed by atoms with Gasteiger partial charge < -0.3 is 10.2 Å². The number of nitro benzene ring substituents is 2. The summed E-state index contributed by atoms with van der Waals surface area (Å²) in [6.07, 6.45) is -3.62. The molecule has 0 radical (unpaired) electrons. The fourth-order valence-electron chi connectivity index (χ4n) is 2.74. The zero-order valence-electron chi connectivity index (χ0n) is 15.7. The summed E-state index contributed by atoms with van der Waals surface area (Å²) in [7, 11) is -4.41. The molecule has 0 fully saturated rings. The first-order valence-electron chi connectivity index (χ1n) is 8.77. The van der Waals surface area contributed by atoms with Crippen LogP contribution in [0.2, 0.25) is 0 Å². The Bertz CT molecular complexity index is 954. The Labute approximate surface area is 187 Å². The number of rotatable bonds is 10. The molecule has 0 bridgehead atoms. The van der Waals surface area contributed by atoms with Crippen LogP contribution >= 0.6 is 23.2 Å². The normalized spacial score (nSPS) is 15.6. The van der Waals surface area contributed by atoms with Crippen LogP contribution < -0.4 is 0 Å². The summed E-state index contributed by atoms with van der Waals surface area (Å²) in [5.41, 5.74) is 0.500. The molecule has 2 N–H and O–H groups in total. The lowest BCUT2D eigenvalue weighted by molar-refractivity contribution is -0.385. The van der Waals surface area contributed by atoms with E-state index in [-0.39, 0.29) is 24.2 Å². The van der Waals surface area contributed by atoms with Crippen molar-refractivity contribution in [1.29, 1.82) is 0 Å². The minimum absolute atomic E-state index is 0.163. The van der Waals surface area contributed by atoms with E-state index in [1.165, 1.54) is 48.5 Å². The fraction of sp³-hybridized carbons (Fsp3) is 0.333. The summed E-state index contributed by atoms with van der Waals surface area (Å²) in [5.74, 6) is 0. The average Bonchev–Trinajstić information content (AvgIpc) is 2.73. The number of hydrogen-bond donors (Lipinski definition) is 2. The molecule has 168 valence electrons. The van der Waals surface area contributed by atoms with Crippen LogP contribution in [0.4, 0.5) is 11.4 Å². The molecule has 4 unspecified atom stereocenters. The second kappa shape index (κ2) is 10.3. The molecule has 0 aromatic heterocycles. The van der Waals surface area contributed by atoms with Crippen molar-refractivity contribution in [3.05, 3.63) is 79.9 Å². The third kappa shape index (κ3) is 6.34. The minimum atomic E-state index is -4.41. The first-order valence-corrected chi connectivity index (χ1v) is 11.3. The summed E-state index contributed by atoms with van der Waals surface area (Å²) < 4.78 is 21.5. The molecule has 0 aliphatic carbocycles. The predicted octanol–water partition coefficient (Wildman–Crippen LogP) is 2.55. The van der Waals surface area contributed by atoms with Crippen LogP contribution in [-0.4, -0.2) is 50.1 Å². The highest BCUT2D eigenvalue weighted by molar-refractivity contribution is 7.95. The topological polar surface area (TPSA) is 161 Å². The highest BCUT2D eigenvalue weighted by Crippen LogP contribution is 2.26. The molecule has 0 saturated heterocycles. The van der Waals surface area contributed by atoms with Crippen molar-refractivity contribution < 1.29 is 28.5 Å². The van der Waals surface area contributed by atoms with Gasteiger partial charge in [0.15, 0.2) is 19.3 Å². The van der Waals surface area contributed by atoms with Gasteiger partial charge >= 0.3 is 0 Å². The number of sulfone groups is 1. The lowest BCUT2D eigenvalue weighted by atomic mass is 10.1. The van der Waals surface area contributed by atoms with Gasteiger partial charge in [-0.25, -0.2) is 8.42 Å². The molecule has 31 heavy (non-hydrogen) atoms. The molecule has 2 aromatic carbocycles. The number of nitrogens with zero attached hydrogens (tertiary/aromatic N) is 2. The molecule has 13 heteroatoms. The summed E-state index contributed by atoms with van der Waals surface area (Å²) in [4.78, 5) is 20.2. The van der Waals surface area contributed by atoms with Gasteiger partial charge in [-0.3, -0.25) is 20.2 Å². The quantitative estimate of drug-likeness (QED) is 0.290. The average molecular weight is 493 g/mol. The van der Waals surface area contributed by atoms with Gasteiger partial charge in [-0.15, -0.1) is 23.2 Å². The maximum absolute atomic E-state index is 12.6. The van der Waals surface area contributed by atoms with Gasteiger partial charge in [0.1, 0.15) is 0 Å². The van der Waals surface area contributed by atoms with Crippen molar-refractivity contribution in [2.24, 2.45) is 0 Å². The van der Waals surface area contributed by atoms with Crippen LogP contribution in [-0.2, 0) is 22.7 Å². The molecule has 0 aliphatic rings. The van der Waals surface area contributed by atoms with Crippen molar-refractivity contribution >= 4 is 44.4 Å². The first kappa shape index (κ1) is 25.0. The van der Waals surface area contributed by atoms with E-state index in [1.807, 2.05) is 0 Å². The number of halogens is 2. The van der Waals surface area contributed by atoms with E-state index in [0.29, 0.717) is 11.1 Å². The van der Waals surface area contributed by atoms with Crippen molar-refractivity contribution in [3.8, 4) is 0 Å². The molecule has 2 aromatic rings. The third-order valence-electron chi connectivity index (χ3n) is 4.42. The van der Waals surface area contributed by atoms with Gasteiger partial charge in [-0.1, -0.05) is 24.3 Å². The SMILES string of the molecule is O=[N+]([O-])c1ccc(CC(O)C(Cl)S(=O)(=O)C(Cl)C(O)Cc2ccc([N+](=O)[O-])cc2)cc1. The molecule has 10 nitrogen and oxygen atoms in total. The summed E-state index contributed by atoms with van der Waals surface area (Å²) >= 11 is 11.9. The maximum Gasteiger partial charge on any atom is 0.269 e. The summed E-state index contributed by atoms with van der Waals surface area (Å²) in [6.45, 7) is 0. The maximum atomic E-state index is 12.6. The Balaban J connectivity index is 2.05. The van der Waals surface area contributed by atoms with E-state index in [1.54, 1.807) is 0 Å². The Hall–Kier alpha value is -2.31. The number of hydrogen-bond acceptors (Lipinski definition) is 8. The molecule has 2 rings (SSSR count). The molecule has 0 aliphatic heterocycles. The van der Waals surface area contributed by atoms with Gasteiger partial charge in [0, 0.05) is 37.1 Å². The van der Waals surface area contributed by atoms with E-state index in [2.05, 4.69) is 0 Å². The first-order chi connectivity index (χ1) is 14.4. The highest BCUT2D eigenvalue weighted by atomic mass is 35.5. The lowest BCUT2D eigenvalue weighted by Gasteiger charge is -2.23. The van der Waals surface area contributed by atoms with Crippen LogP contribution in [0, 0.1) is 20.2 Å². The van der Waals surface area contributed by atoms with E-state index in [4.69, 9.17) is 23.2 Å². The third-order valence-corrected chi connectivity index (χ3v) is 8.37. The molecule has 0 amide bonds. The summed E-state index contributed by atoms with van der Waals surface area (Å²) in [6, 6.07) is 10.3. The monoisotopic (exact) mass is 492 g/mol. The zero-order valence-corrected chi connectivity index (χ0v) is 18.1. The highest BCUT2D eigenvalue weighted by Gasteiger charge is 2.40. The molecular formula is C18H18Cl2N2O8S. The second-order valence-electron chi connectivity index (χ2n) is 6.68. The van der Waals surface area contributed by atoms with Crippen LogP contribution in [0.25, 0.3) is 0 Å². The molecule has 4 atom stereocenters. The molecule has 0 saturated carbocycles. The number of aliphatic hydroxyl groups is 2. The van der Waals surface area contributed by atoms with E-state index < -0.39 is 41.3 Å². The standard InChI is InChI=1S/C18H18Cl2N2O8S/c19-17(15(23)9-11-1-5-13(6-2-11)21(25)26)31(29,30)18(20)16(24)10-12-3-7-14(8-4-12)22(27)28/h1-8,15-18,23-24H,9-10H2. The van der Waals surface area contributed by atoms with Crippen LogP contribution in [0.15, 0.2) is 48.5 Å². The predicted molar refractivity (Wildman–Crippen MR) is 114 cm³/mol. The number of nitro groups is 2. The summed E-state index contributed by atoms with van der Waals surface area (Å²) in [5, 5.41) is 41.8. The van der Waals surface area contributed by atoms with Gasteiger partial charge in [0.2, 0.25) is 0 Å². The van der Waals surface area contributed by atoms with Crippen molar-refractivity contribution in [2.75, 3.05) is 0 Å². The van der Waals surface area contributed by atoms with Gasteiger partial charge in [0.05, 0.1) is 22.1 Å². The molecule has 0 spiro atoms. The van der Waals surface area contributed by atoms with Crippen LogP contribution in [0.1, 0.15) is 11.1 Å². The Morgan fingerprint density at radius 1 is 0.742 bits per heavy atom. The van der Waals surface area contributed by atoms with Gasteiger partial charge in [-0.2, -0.15) is 0 Å². The number of benzene rings is 2. The Morgan fingerprint density at radius 2 is 1.03 bits per heavy atom. The number of aliphatic hydroxyl groups excluding tert-OH is 2. The van der Waals surface area contributed by atoms with Crippen molar-refractivity contribution in [2.45, 2.75) is 34.5 Å². The van der Waals surface area contributed by atoms with Crippen LogP contribution in [0.3, 0.4) is 0 Å². The molecule has 0 heterocycles. The Kier molecular flexibility index (Phi) is 8.32. The molecular weight excluding hydrogens is 475 g/mol. The Morgan fingerprint density at radius 3 is 1.29 bits per heavy atom. The smallest absolute Gasteiger partial charge is 0.269 e. The number of alkyl halides is 2. The lowest BCUT2D eigenvalue weighted by Crippen LogP contribution is -2.41. The van der Waals surface area contributed by atoms with Crippen LogP contribution in [0.5, 0.6) is 0 Å². The van der Waals surface area contributed by atoms with E-state index >= 15 is 0 Å². The van der Waals surface area contributed by atoms with Crippen molar-refractivity contribution in [3.63, 3.8) is 0 Å². The van der Waals surface area contributed by atoms with Gasteiger partial charge in [-0.05, 0) is 11.1 Å². The van der Waals surface area contributed by atoms with E-state index in [9.17, 15) is 38.9 Å².